The predicted molar refractivity (Wildman–Crippen MR) is 26.7 cm³/mol. The van der Waals surface area contributed by atoms with E-state index in [9.17, 15) is 4.79 Å². The van der Waals surface area contributed by atoms with Crippen molar-refractivity contribution in [2.45, 2.75) is 0 Å². The molecule has 1 radical (unpaired) electrons. The van der Waals surface area contributed by atoms with E-state index < -0.39 is 5.97 Å². The van der Waals surface area contributed by atoms with Crippen LogP contribution in [0, 0.1) is 6.07 Å². The summed E-state index contributed by atoms with van der Waals surface area (Å²) in [6.07, 6.45) is 1.19. The third-order valence-corrected chi connectivity index (χ3v) is 0.771. The van der Waals surface area contributed by atoms with Crippen LogP contribution in [-0.4, -0.2) is 18.2 Å². The van der Waals surface area contributed by atoms with Crippen molar-refractivity contribution in [1.29, 1.82) is 0 Å². The SMILES string of the molecule is COC(=O)c1[c]con1. The summed E-state index contributed by atoms with van der Waals surface area (Å²) in [5.41, 5.74) is 0.0671. The number of hydrogen-bond acceptors (Lipinski definition) is 4. The Bertz CT molecular complexity index is 192. The zero-order valence-electron chi connectivity index (χ0n) is 4.75. The lowest BCUT2D eigenvalue weighted by atomic mass is 10.4. The highest BCUT2D eigenvalue weighted by atomic mass is 16.5. The molecule has 0 bridgehead atoms. The lowest BCUT2D eigenvalue weighted by Gasteiger charge is -1.87. The second-order valence-corrected chi connectivity index (χ2v) is 1.30. The van der Waals surface area contributed by atoms with Gasteiger partial charge in [0.1, 0.15) is 6.26 Å². The van der Waals surface area contributed by atoms with Crippen molar-refractivity contribution >= 4 is 5.97 Å². The first-order valence-corrected chi connectivity index (χ1v) is 2.25. The topological polar surface area (TPSA) is 52.3 Å². The number of aromatic nitrogens is 1. The molecule has 0 saturated carbocycles. The number of carbonyl (C=O) groups is 1. The molecular weight excluding hydrogens is 122 g/mol. The van der Waals surface area contributed by atoms with Gasteiger partial charge in [0.15, 0.2) is 5.69 Å². The second kappa shape index (κ2) is 2.30. The van der Waals surface area contributed by atoms with Gasteiger partial charge >= 0.3 is 5.97 Å². The second-order valence-electron chi connectivity index (χ2n) is 1.30. The molecule has 0 aromatic carbocycles. The first-order chi connectivity index (χ1) is 4.34. The minimum absolute atomic E-state index is 0.0671. The Morgan fingerprint density at radius 3 is 3.22 bits per heavy atom. The first kappa shape index (κ1) is 5.81. The molecule has 0 saturated heterocycles. The van der Waals surface area contributed by atoms with Crippen LogP contribution in [0.25, 0.3) is 0 Å². The molecule has 1 rings (SSSR count). The third-order valence-electron chi connectivity index (χ3n) is 0.771. The van der Waals surface area contributed by atoms with Crippen LogP contribution in [-0.2, 0) is 4.74 Å². The highest BCUT2D eigenvalue weighted by molar-refractivity contribution is 5.86. The molecule has 0 aliphatic rings. The number of hydrogen-bond donors (Lipinski definition) is 0. The summed E-state index contributed by atoms with van der Waals surface area (Å²) >= 11 is 0. The summed E-state index contributed by atoms with van der Waals surface area (Å²) in [6.45, 7) is 0. The molecular formula is C5H4NO3. The van der Waals surface area contributed by atoms with Gasteiger partial charge < -0.3 is 9.26 Å². The third kappa shape index (κ3) is 1.07. The molecule has 0 unspecified atom stereocenters. The summed E-state index contributed by atoms with van der Waals surface area (Å²) < 4.78 is 8.63. The predicted octanol–water partition coefficient (Wildman–Crippen LogP) is 0.261. The fourth-order valence-electron chi connectivity index (χ4n) is 0.380. The summed E-state index contributed by atoms with van der Waals surface area (Å²) in [5, 5.41) is 3.28. The molecule has 4 heteroatoms. The van der Waals surface area contributed by atoms with Crippen LogP contribution in [0.4, 0.5) is 0 Å². The van der Waals surface area contributed by atoms with Gasteiger partial charge in [0.25, 0.3) is 0 Å². The van der Waals surface area contributed by atoms with Gasteiger partial charge in [0.2, 0.25) is 0 Å². The van der Waals surface area contributed by atoms with Gasteiger partial charge in [-0.3, -0.25) is 0 Å². The Morgan fingerprint density at radius 2 is 2.78 bits per heavy atom. The number of esters is 1. The Balaban J connectivity index is 2.77. The lowest BCUT2D eigenvalue weighted by Crippen LogP contribution is -2.00. The maximum Gasteiger partial charge on any atom is 0.360 e. The van der Waals surface area contributed by atoms with Crippen LogP contribution in [0.3, 0.4) is 0 Å². The van der Waals surface area contributed by atoms with E-state index in [1.807, 2.05) is 0 Å². The summed E-state index contributed by atoms with van der Waals surface area (Å²) in [6, 6.07) is 2.44. The van der Waals surface area contributed by atoms with E-state index >= 15 is 0 Å². The fourth-order valence-corrected chi connectivity index (χ4v) is 0.380. The van der Waals surface area contributed by atoms with Crippen molar-refractivity contribution in [1.82, 2.24) is 5.16 Å². The minimum Gasteiger partial charge on any atom is -0.464 e. The molecule has 4 nitrogen and oxygen atoms in total. The Morgan fingerprint density at radius 1 is 2.00 bits per heavy atom. The largest absolute Gasteiger partial charge is 0.464 e. The standard InChI is InChI=1S/C5H4NO3/c1-8-5(7)4-2-3-9-6-4/h3H,1H3. The number of ether oxygens (including phenoxy) is 1. The maximum absolute atomic E-state index is 10.5. The molecule has 0 atom stereocenters. The average Bonchev–Trinajstić information content (AvgIpc) is 2.37. The Labute approximate surface area is 51.4 Å². The lowest BCUT2D eigenvalue weighted by molar-refractivity contribution is 0.0589. The smallest absolute Gasteiger partial charge is 0.360 e. The van der Waals surface area contributed by atoms with Crippen LogP contribution < -0.4 is 0 Å². The number of rotatable bonds is 1. The van der Waals surface area contributed by atoms with Gasteiger partial charge in [-0.1, -0.05) is 5.16 Å². The minimum atomic E-state index is -0.538. The van der Waals surface area contributed by atoms with E-state index in [2.05, 4.69) is 20.5 Å². The molecule has 1 aromatic rings. The molecule has 1 aromatic heterocycles. The molecule has 0 amide bonds. The number of carbonyl (C=O) groups excluding carboxylic acids is 1. The summed E-state index contributed by atoms with van der Waals surface area (Å²) in [7, 11) is 1.27. The molecule has 47 valence electrons. The van der Waals surface area contributed by atoms with Crippen molar-refractivity contribution in [2.75, 3.05) is 7.11 Å². The molecule has 0 fully saturated rings. The van der Waals surface area contributed by atoms with E-state index in [-0.39, 0.29) is 5.69 Å². The van der Waals surface area contributed by atoms with Gasteiger partial charge in [-0.2, -0.15) is 0 Å². The van der Waals surface area contributed by atoms with Crippen molar-refractivity contribution in [2.24, 2.45) is 0 Å². The van der Waals surface area contributed by atoms with Crippen LogP contribution >= 0.6 is 0 Å². The van der Waals surface area contributed by atoms with Crippen LogP contribution in [0.15, 0.2) is 10.8 Å². The van der Waals surface area contributed by atoms with E-state index in [0.29, 0.717) is 0 Å². The van der Waals surface area contributed by atoms with Crippen LogP contribution in [0.5, 0.6) is 0 Å². The van der Waals surface area contributed by atoms with Gasteiger partial charge in [-0.25, -0.2) is 4.79 Å². The zero-order valence-corrected chi connectivity index (χ0v) is 4.75. The molecule has 0 aliphatic carbocycles. The van der Waals surface area contributed by atoms with Crippen molar-refractivity contribution in [3.63, 3.8) is 0 Å². The van der Waals surface area contributed by atoms with E-state index in [4.69, 9.17) is 0 Å². The first-order valence-electron chi connectivity index (χ1n) is 2.25. The Hall–Kier alpha value is -1.32. The van der Waals surface area contributed by atoms with E-state index in [0.717, 1.165) is 0 Å². The number of nitrogens with zero attached hydrogens (tertiary/aromatic N) is 1. The van der Waals surface area contributed by atoms with Crippen LogP contribution in [0.1, 0.15) is 10.5 Å². The van der Waals surface area contributed by atoms with Crippen molar-refractivity contribution in [3.05, 3.63) is 18.0 Å². The fraction of sp³-hybridized carbons (Fsp3) is 0.200. The van der Waals surface area contributed by atoms with Gasteiger partial charge in [-0.05, 0) is 0 Å². The highest BCUT2D eigenvalue weighted by Gasteiger charge is 2.07. The molecule has 9 heavy (non-hydrogen) atoms. The van der Waals surface area contributed by atoms with Gasteiger partial charge in [-0.15, -0.1) is 0 Å². The summed E-state index contributed by atoms with van der Waals surface area (Å²) in [4.78, 5) is 10.5. The van der Waals surface area contributed by atoms with Crippen molar-refractivity contribution < 1.29 is 14.1 Å². The Kier molecular flexibility index (Phi) is 1.48. The highest BCUT2D eigenvalue weighted by Crippen LogP contribution is 1.93. The van der Waals surface area contributed by atoms with E-state index in [1.165, 1.54) is 13.4 Å². The zero-order chi connectivity index (χ0) is 6.69. The van der Waals surface area contributed by atoms with E-state index in [1.54, 1.807) is 0 Å². The van der Waals surface area contributed by atoms with Gasteiger partial charge in [0, 0.05) is 0 Å². The molecule has 0 aliphatic heterocycles. The van der Waals surface area contributed by atoms with Crippen LogP contribution in [0.2, 0.25) is 0 Å². The number of methoxy groups -OCH3 is 1. The molecule has 0 N–H and O–H groups in total. The molecule has 1 heterocycles. The maximum atomic E-state index is 10.5. The quantitative estimate of drug-likeness (QED) is 0.506. The average molecular weight is 126 g/mol. The van der Waals surface area contributed by atoms with Gasteiger partial charge in [0.05, 0.1) is 13.2 Å². The normalized spacial score (nSPS) is 9.00. The molecule has 0 spiro atoms. The summed E-state index contributed by atoms with van der Waals surface area (Å²) in [5.74, 6) is -0.538. The monoisotopic (exact) mass is 126 g/mol. The van der Waals surface area contributed by atoms with Crippen molar-refractivity contribution in [3.8, 4) is 0 Å².